The summed E-state index contributed by atoms with van der Waals surface area (Å²) >= 11 is 4.47. The van der Waals surface area contributed by atoms with E-state index in [-0.39, 0.29) is 21.6 Å². The van der Waals surface area contributed by atoms with Crippen molar-refractivity contribution in [2.75, 3.05) is 11.8 Å². The van der Waals surface area contributed by atoms with E-state index >= 15 is 0 Å². The number of methoxy groups -OCH3 is 1. The van der Waals surface area contributed by atoms with Gasteiger partial charge < -0.3 is 4.74 Å². The smallest absolute Gasteiger partial charge is 0.267 e. The number of halogens is 2. The van der Waals surface area contributed by atoms with Gasteiger partial charge in [0, 0.05) is 14.9 Å². The van der Waals surface area contributed by atoms with Crippen molar-refractivity contribution in [3.05, 3.63) is 57.6 Å². The molecule has 5 nitrogen and oxygen atoms in total. The molecule has 3 rings (SSSR count). The number of aromatic nitrogens is 1. The van der Waals surface area contributed by atoms with Crippen LogP contribution in [0.15, 0.2) is 51.8 Å². The van der Waals surface area contributed by atoms with Gasteiger partial charge in [-0.1, -0.05) is 15.9 Å². The molecule has 3 aromatic rings. The van der Waals surface area contributed by atoms with Crippen molar-refractivity contribution < 1.29 is 17.5 Å². The Hall–Kier alpha value is -1.97. The Morgan fingerprint density at radius 1 is 1.19 bits per heavy atom. The van der Waals surface area contributed by atoms with E-state index in [0.29, 0.717) is 15.7 Å². The minimum absolute atomic E-state index is 0.00515. The van der Waals surface area contributed by atoms with Crippen molar-refractivity contribution in [3.8, 4) is 17.0 Å². The monoisotopic (exact) mass is 456 g/mol. The maximum absolute atomic E-state index is 13.1. The van der Waals surface area contributed by atoms with Crippen molar-refractivity contribution >= 4 is 42.4 Å². The Balaban J connectivity index is 1.95. The van der Waals surface area contributed by atoms with Gasteiger partial charge in [-0.15, -0.1) is 11.3 Å². The summed E-state index contributed by atoms with van der Waals surface area (Å²) in [6.07, 6.45) is 0. The molecule has 0 fully saturated rings. The predicted octanol–water partition coefficient (Wildman–Crippen LogP) is 4.83. The lowest BCUT2D eigenvalue weighted by Gasteiger charge is -2.10. The number of thiazole rings is 1. The van der Waals surface area contributed by atoms with Crippen molar-refractivity contribution in [3.63, 3.8) is 0 Å². The molecular weight excluding hydrogens is 443 g/mol. The highest BCUT2D eigenvalue weighted by atomic mass is 79.9. The highest BCUT2D eigenvalue weighted by molar-refractivity contribution is 9.10. The zero-order valence-corrected chi connectivity index (χ0v) is 17.0. The first kappa shape index (κ1) is 18.8. The van der Waals surface area contributed by atoms with Gasteiger partial charge in [0.1, 0.15) is 16.5 Å². The summed E-state index contributed by atoms with van der Waals surface area (Å²) < 4.78 is 46.8. The second kappa shape index (κ2) is 7.34. The third kappa shape index (κ3) is 3.89. The largest absolute Gasteiger partial charge is 0.495 e. The molecule has 0 amide bonds. The van der Waals surface area contributed by atoms with Crippen molar-refractivity contribution in [2.45, 2.75) is 11.8 Å². The first-order valence-corrected chi connectivity index (χ1v) is 10.5. The number of nitrogens with one attached hydrogen (secondary N) is 1. The van der Waals surface area contributed by atoms with Gasteiger partial charge in [-0.05, 0) is 49.4 Å². The average Bonchev–Trinajstić information content (AvgIpc) is 2.95. The highest BCUT2D eigenvalue weighted by Crippen LogP contribution is 2.33. The number of hydrogen-bond donors (Lipinski definition) is 1. The molecule has 0 spiro atoms. The maximum Gasteiger partial charge on any atom is 0.267 e. The van der Waals surface area contributed by atoms with Crippen LogP contribution < -0.4 is 9.46 Å². The fraction of sp³-hybridized carbons (Fsp3) is 0.118. The molecule has 1 aromatic heterocycles. The van der Waals surface area contributed by atoms with Gasteiger partial charge in [-0.2, -0.15) is 0 Å². The molecule has 0 unspecified atom stereocenters. The molecule has 0 aliphatic rings. The molecule has 0 aliphatic heterocycles. The van der Waals surface area contributed by atoms with E-state index in [1.54, 1.807) is 24.3 Å². The highest BCUT2D eigenvalue weighted by Gasteiger charge is 2.22. The van der Waals surface area contributed by atoms with Crippen molar-refractivity contribution in [1.29, 1.82) is 0 Å². The summed E-state index contributed by atoms with van der Waals surface area (Å²) in [5.74, 6) is -0.114. The first-order chi connectivity index (χ1) is 12.3. The number of ether oxygens (including phenoxy) is 1. The SMILES string of the molecule is COc1ccc(Br)cc1S(=O)(=O)Nc1nc(-c2ccc(F)cc2)c(C)s1. The Morgan fingerprint density at radius 2 is 1.88 bits per heavy atom. The Morgan fingerprint density at radius 3 is 2.54 bits per heavy atom. The van der Waals surface area contributed by atoms with Crippen molar-refractivity contribution in [2.24, 2.45) is 0 Å². The van der Waals surface area contributed by atoms with Gasteiger partial charge in [0.2, 0.25) is 0 Å². The summed E-state index contributed by atoms with van der Waals surface area (Å²) in [5.41, 5.74) is 1.32. The van der Waals surface area contributed by atoms with E-state index in [2.05, 4.69) is 25.6 Å². The van der Waals surface area contributed by atoms with E-state index in [4.69, 9.17) is 4.74 Å². The summed E-state index contributed by atoms with van der Waals surface area (Å²) in [7, 11) is -2.48. The first-order valence-electron chi connectivity index (χ1n) is 7.40. The Kier molecular flexibility index (Phi) is 5.31. The van der Waals surface area contributed by atoms with E-state index in [1.807, 2.05) is 6.92 Å². The molecule has 0 bridgehead atoms. The number of benzene rings is 2. The quantitative estimate of drug-likeness (QED) is 0.596. The third-order valence-corrected chi connectivity index (χ3v) is 6.42. The molecule has 0 atom stereocenters. The van der Waals surface area contributed by atoms with Crippen LogP contribution in [0.3, 0.4) is 0 Å². The molecule has 0 saturated heterocycles. The predicted molar refractivity (Wildman–Crippen MR) is 104 cm³/mol. The molecule has 1 N–H and O–H groups in total. The van der Waals surface area contributed by atoms with E-state index < -0.39 is 10.0 Å². The normalized spacial score (nSPS) is 11.4. The van der Waals surface area contributed by atoms with Gasteiger partial charge in [-0.25, -0.2) is 17.8 Å². The second-order valence-corrected chi connectivity index (χ2v) is 9.10. The molecule has 26 heavy (non-hydrogen) atoms. The molecule has 9 heteroatoms. The van der Waals surface area contributed by atoms with Crippen LogP contribution in [0.1, 0.15) is 4.88 Å². The van der Waals surface area contributed by atoms with Gasteiger partial charge in [-0.3, -0.25) is 4.72 Å². The van der Waals surface area contributed by atoms with Crippen molar-refractivity contribution in [1.82, 2.24) is 4.98 Å². The van der Waals surface area contributed by atoms with Crippen LogP contribution in [0, 0.1) is 12.7 Å². The lowest BCUT2D eigenvalue weighted by Crippen LogP contribution is -2.14. The van der Waals surface area contributed by atoms with Gasteiger partial charge in [0.15, 0.2) is 5.13 Å². The van der Waals surface area contributed by atoms with Crippen LogP contribution in [0.25, 0.3) is 11.3 Å². The zero-order chi connectivity index (χ0) is 18.9. The van der Waals surface area contributed by atoms with Crippen LogP contribution in [0.5, 0.6) is 5.75 Å². The molecular formula is C17H14BrFN2O3S2. The van der Waals surface area contributed by atoms with E-state index in [0.717, 1.165) is 4.88 Å². The topological polar surface area (TPSA) is 68.3 Å². The average molecular weight is 457 g/mol. The lowest BCUT2D eigenvalue weighted by atomic mass is 10.1. The molecule has 0 aliphatic carbocycles. The number of hydrogen-bond acceptors (Lipinski definition) is 5. The van der Waals surface area contributed by atoms with Crippen LogP contribution in [0.2, 0.25) is 0 Å². The number of aryl methyl sites for hydroxylation is 1. The number of sulfonamides is 1. The number of anilines is 1. The minimum atomic E-state index is -3.89. The summed E-state index contributed by atoms with van der Waals surface area (Å²) in [5, 5.41) is 0.226. The van der Waals surface area contributed by atoms with Gasteiger partial charge in [0.25, 0.3) is 10.0 Å². The molecule has 0 radical (unpaired) electrons. The zero-order valence-electron chi connectivity index (χ0n) is 13.8. The molecule has 0 saturated carbocycles. The van der Waals surface area contributed by atoms with Gasteiger partial charge >= 0.3 is 0 Å². The van der Waals surface area contributed by atoms with Crippen LogP contribution in [-0.4, -0.2) is 20.5 Å². The van der Waals surface area contributed by atoms with E-state index in [9.17, 15) is 12.8 Å². The van der Waals surface area contributed by atoms with Crippen LogP contribution >= 0.6 is 27.3 Å². The molecule has 1 heterocycles. The Labute approximate surface area is 163 Å². The molecule has 136 valence electrons. The number of nitrogens with zero attached hydrogens (tertiary/aromatic N) is 1. The van der Waals surface area contributed by atoms with Gasteiger partial charge in [0.05, 0.1) is 12.8 Å². The van der Waals surface area contributed by atoms with Crippen LogP contribution in [0.4, 0.5) is 9.52 Å². The fourth-order valence-electron chi connectivity index (χ4n) is 2.35. The lowest BCUT2D eigenvalue weighted by molar-refractivity contribution is 0.403. The standard InChI is InChI=1S/C17H14BrFN2O3S2/c1-10-16(11-3-6-13(19)7-4-11)20-17(25-10)21-26(22,23)15-9-12(18)5-8-14(15)24-2/h3-9H,1-2H3,(H,20,21). The Bertz CT molecular complexity index is 1050. The second-order valence-electron chi connectivity index (χ2n) is 5.33. The van der Waals surface area contributed by atoms with Crippen LogP contribution in [-0.2, 0) is 10.0 Å². The summed E-state index contributed by atoms with van der Waals surface area (Å²) in [6, 6.07) is 10.6. The fourth-order valence-corrected chi connectivity index (χ4v) is 5.13. The maximum atomic E-state index is 13.1. The minimum Gasteiger partial charge on any atom is -0.495 e. The summed E-state index contributed by atoms with van der Waals surface area (Å²) in [6.45, 7) is 1.83. The third-order valence-electron chi connectivity index (χ3n) is 3.55. The summed E-state index contributed by atoms with van der Waals surface area (Å²) in [4.78, 5) is 5.17. The van der Waals surface area contributed by atoms with E-state index in [1.165, 1.54) is 36.6 Å². The molecule has 2 aromatic carbocycles. The number of rotatable bonds is 5.